The number of hydrogen-bond acceptors (Lipinski definition) is 4. The maximum Gasteiger partial charge on any atom is 0.433 e. The molecule has 0 saturated heterocycles. The quantitative estimate of drug-likeness (QED) is 0.453. The smallest absolute Gasteiger partial charge is 0.433 e. The van der Waals surface area contributed by atoms with Crippen LogP contribution < -0.4 is 9.46 Å². The molecule has 1 heterocycles. The minimum atomic E-state index is -4.73. The molecular formula is C21H17F5N2O3S. The molecule has 0 aliphatic carbocycles. The number of rotatable bonds is 6. The summed E-state index contributed by atoms with van der Waals surface area (Å²) in [5.41, 5.74) is -0.989. The highest BCUT2D eigenvalue weighted by Crippen LogP contribution is 2.39. The number of pyridine rings is 1. The number of aromatic nitrogens is 1. The Bertz CT molecular complexity index is 1260. The average molecular weight is 472 g/mol. The Hall–Kier alpha value is -3.21. The summed E-state index contributed by atoms with van der Waals surface area (Å²) in [6, 6.07) is 8.54. The number of aryl methyl sites for hydroxylation is 1. The van der Waals surface area contributed by atoms with Gasteiger partial charge in [0.1, 0.15) is 17.3 Å². The van der Waals surface area contributed by atoms with Gasteiger partial charge < -0.3 is 4.74 Å². The van der Waals surface area contributed by atoms with Gasteiger partial charge in [0.25, 0.3) is 0 Å². The van der Waals surface area contributed by atoms with Crippen LogP contribution in [0.25, 0.3) is 11.1 Å². The summed E-state index contributed by atoms with van der Waals surface area (Å²) in [4.78, 5) is 3.48. The van der Waals surface area contributed by atoms with E-state index in [4.69, 9.17) is 4.74 Å². The number of nitrogens with one attached hydrogen (secondary N) is 1. The number of anilines is 1. The van der Waals surface area contributed by atoms with Gasteiger partial charge in [0.05, 0.1) is 5.75 Å². The highest BCUT2D eigenvalue weighted by Gasteiger charge is 2.33. The molecule has 3 aromatic rings. The molecule has 3 rings (SSSR count). The van der Waals surface area contributed by atoms with Crippen molar-refractivity contribution in [2.45, 2.75) is 20.0 Å². The zero-order chi connectivity index (χ0) is 23.7. The number of sulfonamides is 1. The van der Waals surface area contributed by atoms with Crippen LogP contribution >= 0.6 is 0 Å². The number of benzene rings is 2. The lowest BCUT2D eigenvalue weighted by Crippen LogP contribution is -2.14. The van der Waals surface area contributed by atoms with Crippen molar-refractivity contribution in [3.8, 4) is 22.6 Å². The lowest BCUT2D eigenvalue weighted by molar-refractivity contribution is -0.141. The standard InChI is InChI=1S/C21H17F5N2O3S/c1-3-32(29,30)28-15-5-7-18(31-19-6-4-14(22)10-17(19)23)16(11-15)13-8-12(2)27-20(9-13)21(24,25)26/h4-11,28H,3H2,1-2H3. The third kappa shape index (κ3) is 5.52. The Morgan fingerprint density at radius 1 is 1.00 bits per heavy atom. The SMILES string of the molecule is CCS(=O)(=O)Nc1ccc(Oc2ccc(F)cc2F)c(-c2cc(C)nc(C(F)(F)F)c2)c1. The molecule has 0 aliphatic heterocycles. The topological polar surface area (TPSA) is 68.3 Å². The van der Waals surface area contributed by atoms with E-state index < -0.39 is 33.5 Å². The van der Waals surface area contributed by atoms with E-state index in [2.05, 4.69) is 9.71 Å². The van der Waals surface area contributed by atoms with Crippen molar-refractivity contribution in [2.24, 2.45) is 0 Å². The van der Waals surface area contributed by atoms with Gasteiger partial charge in [0, 0.05) is 23.0 Å². The zero-order valence-corrected chi connectivity index (χ0v) is 17.6. The molecular weight excluding hydrogens is 455 g/mol. The second-order valence-electron chi connectivity index (χ2n) is 6.77. The van der Waals surface area contributed by atoms with E-state index >= 15 is 0 Å². The average Bonchev–Trinajstić information content (AvgIpc) is 2.69. The first kappa shape index (κ1) is 23.5. The maximum atomic E-state index is 14.1. The predicted octanol–water partition coefficient (Wildman–Crippen LogP) is 5.91. The Morgan fingerprint density at radius 3 is 2.31 bits per heavy atom. The van der Waals surface area contributed by atoms with Crippen molar-refractivity contribution in [1.82, 2.24) is 4.98 Å². The molecule has 0 aliphatic rings. The summed E-state index contributed by atoms with van der Waals surface area (Å²) in [6.45, 7) is 2.78. The summed E-state index contributed by atoms with van der Waals surface area (Å²) in [5.74, 6) is -2.52. The van der Waals surface area contributed by atoms with Gasteiger partial charge in [-0.25, -0.2) is 22.2 Å². The Kier molecular flexibility index (Phi) is 6.40. The molecule has 0 amide bonds. The van der Waals surface area contributed by atoms with Crippen molar-refractivity contribution >= 4 is 15.7 Å². The lowest BCUT2D eigenvalue weighted by atomic mass is 10.0. The van der Waals surface area contributed by atoms with Crippen molar-refractivity contribution in [2.75, 3.05) is 10.5 Å². The number of halogens is 5. The summed E-state index contributed by atoms with van der Waals surface area (Å²) >= 11 is 0. The van der Waals surface area contributed by atoms with Gasteiger partial charge in [-0.1, -0.05) is 0 Å². The van der Waals surface area contributed by atoms with Crippen molar-refractivity contribution in [3.05, 3.63) is 71.6 Å². The first-order valence-electron chi connectivity index (χ1n) is 9.21. The maximum absolute atomic E-state index is 14.1. The van der Waals surface area contributed by atoms with Crippen molar-refractivity contribution in [1.29, 1.82) is 0 Å². The molecule has 2 aromatic carbocycles. The monoisotopic (exact) mass is 472 g/mol. The van der Waals surface area contributed by atoms with Crippen LogP contribution in [0.1, 0.15) is 18.3 Å². The number of alkyl halides is 3. The van der Waals surface area contributed by atoms with Gasteiger partial charge in [-0.15, -0.1) is 0 Å². The van der Waals surface area contributed by atoms with E-state index in [0.717, 1.165) is 18.2 Å². The van der Waals surface area contributed by atoms with Crippen LogP contribution in [0.3, 0.4) is 0 Å². The van der Waals surface area contributed by atoms with Crippen molar-refractivity contribution < 1.29 is 35.1 Å². The third-order valence-corrected chi connectivity index (χ3v) is 5.61. The van der Waals surface area contributed by atoms with E-state index in [0.29, 0.717) is 6.07 Å². The fourth-order valence-electron chi connectivity index (χ4n) is 2.81. The van der Waals surface area contributed by atoms with Gasteiger partial charge in [0.2, 0.25) is 10.0 Å². The lowest BCUT2D eigenvalue weighted by Gasteiger charge is -2.16. The summed E-state index contributed by atoms with van der Waals surface area (Å²) < 4.78 is 98.8. The van der Waals surface area contributed by atoms with E-state index in [1.165, 1.54) is 38.1 Å². The highest BCUT2D eigenvalue weighted by atomic mass is 32.2. The molecule has 5 nitrogen and oxygen atoms in total. The van der Waals surface area contributed by atoms with Gasteiger partial charge in [-0.3, -0.25) is 4.72 Å². The Balaban J connectivity index is 2.17. The molecule has 1 N–H and O–H groups in total. The summed E-state index contributed by atoms with van der Waals surface area (Å²) in [6.07, 6.45) is -4.73. The zero-order valence-electron chi connectivity index (χ0n) is 16.8. The van der Waals surface area contributed by atoms with Crippen LogP contribution in [0.2, 0.25) is 0 Å². The van der Waals surface area contributed by atoms with Gasteiger partial charge in [-0.05, 0) is 61.9 Å². The fraction of sp³-hybridized carbons (Fsp3) is 0.190. The molecule has 0 saturated carbocycles. The molecule has 0 radical (unpaired) electrons. The third-order valence-electron chi connectivity index (χ3n) is 4.30. The largest absolute Gasteiger partial charge is 0.454 e. The Labute approximate surface area is 180 Å². The number of hydrogen-bond donors (Lipinski definition) is 1. The molecule has 11 heteroatoms. The van der Waals surface area contributed by atoms with Crippen LogP contribution in [0.15, 0.2) is 48.5 Å². The van der Waals surface area contributed by atoms with E-state index in [1.807, 2.05) is 0 Å². The van der Waals surface area contributed by atoms with E-state index in [1.54, 1.807) is 0 Å². The van der Waals surface area contributed by atoms with Crippen molar-refractivity contribution in [3.63, 3.8) is 0 Å². The van der Waals surface area contributed by atoms with Gasteiger partial charge in [0.15, 0.2) is 11.6 Å². The first-order valence-corrected chi connectivity index (χ1v) is 10.9. The second kappa shape index (κ2) is 8.73. The number of nitrogens with zero attached hydrogens (tertiary/aromatic N) is 1. The molecule has 0 fully saturated rings. The van der Waals surface area contributed by atoms with E-state index in [9.17, 15) is 30.4 Å². The molecule has 0 bridgehead atoms. The fourth-order valence-corrected chi connectivity index (χ4v) is 3.44. The minimum absolute atomic E-state index is 0.0138. The van der Waals surface area contributed by atoms with Crippen LogP contribution in [-0.2, 0) is 16.2 Å². The molecule has 0 spiro atoms. The number of ether oxygens (including phenoxy) is 1. The van der Waals surface area contributed by atoms with Crippen LogP contribution in [0.4, 0.5) is 27.6 Å². The highest BCUT2D eigenvalue weighted by molar-refractivity contribution is 7.92. The predicted molar refractivity (Wildman–Crippen MR) is 109 cm³/mol. The second-order valence-corrected chi connectivity index (χ2v) is 8.78. The van der Waals surface area contributed by atoms with Crippen LogP contribution in [0, 0.1) is 18.6 Å². The molecule has 170 valence electrons. The molecule has 32 heavy (non-hydrogen) atoms. The Morgan fingerprint density at radius 2 is 1.69 bits per heavy atom. The molecule has 1 aromatic heterocycles. The summed E-state index contributed by atoms with van der Waals surface area (Å²) in [7, 11) is -3.68. The molecule has 0 atom stereocenters. The van der Waals surface area contributed by atoms with Gasteiger partial charge in [-0.2, -0.15) is 13.2 Å². The van der Waals surface area contributed by atoms with Gasteiger partial charge >= 0.3 is 6.18 Å². The van der Waals surface area contributed by atoms with E-state index in [-0.39, 0.29) is 39.8 Å². The van der Waals surface area contributed by atoms with Crippen LogP contribution in [-0.4, -0.2) is 19.2 Å². The summed E-state index contributed by atoms with van der Waals surface area (Å²) in [5, 5.41) is 0. The molecule has 0 unspecified atom stereocenters. The first-order chi connectivity index (χ1) is 14.9. The minimum Gasteiger partial charge on any atom is -0.454 e. The normalized spacial score (nSPS) is 12.0. The van der Waals surface area contributed by atoms with Crippen LogP contribution in [0.5, 0.6) is 11.5 Å².